The first-order valence-corrected chi connectivity index (χ1v) is 9.28. The molecule has 0 atom stereocenters. The van der Waals surface area contributed by atoms with Gasteiger partial charge in [-0.05, 0) is 38.7 Å². The number of hydrogen-bond donors (Lipinski definition) is 1. The van der Waals surface area contributed by atoms with Crippen LogP contribution < -0.4 is 5.32 Å². The van der Waals surface area contributed by atoms with Crippen molar-refractivity contribution in [3.8, 4) is 0 Å². The third kappa shape index (κ3) is 3.79. The number of nitrogens with one attached hydrogen (secondary N) is 1. The molecule has 1 aromatic rings. The lowest BCUT2D eigenvalue weighted by Crippen LogP contribution is -2.34. The molecule has 5 nitrogen and oxygen atoms in total. The number of nitrogens with zero attached hydrogens (tertiary/aromatic N) is 2. The second-order valence-electron chi connectivity index (χ2n) is 5.06. The summed E-state index contributed by atoms with van der Waals surface area (Å²) in [7, 11) is -1.28. The standard InChI is InChI=1S/C13H23N3O2S2/c1-3-14-11-12-5-6-13(19-12)20(17,18)16-8-4-7-15(2)9-10-16/h5-6,14H,3-4,7-11H2,1-2H3. The highest BCUT2D eigenvalue weighted by atomic mass is 32.2. The van der Waals surface area contributed by atoms with Crippen LogP contribution >= 0.6 is 11.3 Å². The van der Waals surface area contributed by atoms with Crippen molar-refractivity contribution in [1.29, 1.82) is 0 Å². The second-order valence-corrected chi connectivity index (χ2v) is 8.40. The van der Waals surface area contributed by atoms with E-state index in [1.54, 1.807) is 10.4 Å². The van der Waals surface area contributed by atoms with Gasteiger partial charge in [0.25, 0.3) is 10.0 Å². The van der Waals surface area contributed by atoms with Gasteiger partial charge in [0.1, 0.15) is 4.21 Å². The third-order valence-corrected chi connectivity index (χ3v) is 6.91. The highest BCUT2D eigenvalue weighted by molar-refractivity contribution is 7.91. The zero-order valence-electron chi connectivity index (χ0n) is 12.1. The molecule has 114 valence electrons. The van der Waals surface area contributed by atoms with Crippen molar-refractivity contribution in [3.63, 3.8) is 0 Å². The van der Waals surface area contributed by atoms with E-state index >= 15 is 0 Å². The van der Waals surface area contributed by atoms with E-state index in [9.17, 15) is 8.42 Å². The summed E-state index contributed by atoms with van der Waals surface area (Å²) in [5.41, 5.74) is 0. The Morgan fingerprint density at radius 3 is 2.80 bits per heavy atom. The van der Waals surface area contributed by atoms with Crippen molar-refractivity contribution in [3.05, 3.63) is 17.0 Å². The molecule has 1 fully saturated rings. The third-order valence-electron chi connectivity index (χ3n) is 3.46. The van der Waals surface area contributed by atoms with E-state index in [1.165, 1.54) is 11.3 Å². The number of rotatable bonds is 5. The molecule has 1 aromatic heterocycles. The normalized spacial score (nSPS) is 19.1. The Morgan fingerprint density at radius 1 is 1.25 bits per heavy atom. The second kappa shape index (κ2) is 7.00. The minimum atomic E-state index is -3.32. The van der Waals surface area contributed by atoms with Gasteiger partial charge in [-0.3, -0.25) is 0 Å². The highest BCUT2D eigenvalue weighted by Crippen LogP contribution is 2.25. The molecule has 0 aliphatic carbocycles. The van der Waals surface area contributed by atoms with Crippen LogP contribution in [0.25, 0.3) is 0 Å². The fourth-order valence-corrected chi connectivity index (χ4v) is 5.18. The fourth-order valence-electron chi connectivity index (χ4n) is 2.23. The Morgan fingerprint density at radius 2 is 2.05 bits per heavy atom. The highest BCUT2D eigenvalue weighted by Gasteiger charge is 2.27. The van der Waals surface area contributed by atoms with Crippen molar-refractivity contribution in [2.24, 2.45) is 0 Å². The molecule has 0 unspecified atom stereocenters. The summed E-state index contributed by atoms with van der Waals surface area (Å²) in [6, 6.07) is 3.64. The maximum Gasteiger partial charge on any atom is 0.252 e. The summed E-state index contributed by atoms with van der Waals surface area (Å²) < 4.78 is 27.4. The molecule has 1 saturated heterocycles. The summed E-state index contributed by atoms with van der Waals surface area (Å²) >= 11 is 1.38. The minimum Gasteiger partial charge on any atom is -0.312 e. The zero-order valence-corrected chi connectivity index (χ0v) is 13.8. The lowest BCUT2D eigenvalue weighted by molar-refractivity contribution is 0.347. The Kier molecular flexibility index (Phi) is 5.57. The van der Waals surface area contributed by atoms with Crippen molar-refractivity contribution >= 4 is 21.4 Å². The van der Waals surface area contributed by atoms with Crippen LogP contribution in [0.1, 0.15) is 18.2 Å². The van der Waals surface area contributed by atoms with Crippen LogP contribution in [-0.2, 0) is 16.6 Å². The monoisotopic (exact) mass is 317 g/mol. The largest absolute Gasteiger partial charge is 0.312 e. The minimum absolute atomic E-state index is 0.468. The first-order chi connectivity index (χ1) is 9.54. The number of thiophene rings is 1. The Labute approximate surface area is 125 Å². The number of likely N-dealkylation sites (N-methyl/N-ethyl adjacent to an activating group) is 1. The van der Waals surface area contributed by atoms with Gasteiger partial charge >= 0.3 is 0 Å². The SMILES string of the molecule is CCNCc1ccc(S(=O)(=O)N2CCCN(C)CC2)s1. The van der Waals surface area contributed by atoms with Gasteiger partial charge < -0.3 is 10.2 Å². The molecular formula is C13H23N3O2S2. The maximum atomic E-state index is 12.6. The number of sulfonamides is 1. The molecule has 0 saturated carbocycles. The van der Waals surface area contributed by atoms with Gasteiger partial charge in [-0.2, -0.15) is 4.31 Å². The molecule has 1 aliphatic rings. The molecule has 0 bridgehead atoms. The van der Waals surface area contributed by atoms with Crippen LogP contribution in [0.4, 0.5) is 0 Å². The lowest BCUT2D eigenvalue weighted by atomic mass is 10.4. The van der Waals surface area contributed by atoms with Gasteiger partial charge in [0, 0.05) is 31.1 Å². The van der Waals surface area contributed by atoms with Crippen molar-refractivity contribution in [2.75, 3.05) is 39.8 Å². The molecule has 0 radical (unpaired) electrons. The van der Waals surface area contributed by atoms with E-state index in [2.05, 4.69) is 10.2 Å². The van der Waals surface area contributed by atoms with Crippen LogP contribution in [0.15, 0.2) is 16.3 Å². The first-order valence-electron chi connectivity index (χ1n) is 7.02. The summed E-state index contributed by atoms with van der Waals surface area (Å²) in [6.07, 6.45) is 0.894. The molecule has 1 aliphatic heterocycles. The molecule has 0 aromatic carbocycles. The van der Waals surface area contributed by atoms with E-state index in [4.69, 9.17) is 0 Å². The van der Waals surface area contributed by atoms with Crippen LogP contribution in [0.2, 0.25) is 0 Å². The van der Waals surface area contributed by atoms with Gasteiger partial charge in [0.05, 0.1) is 0 Å². The van der Waals surface area contributed by atoms with E-state index < -0.39 is 10.0 Å². The molecule has 7 heteroatoms. The molecule has 2 heterocycles. The molecule has 2 rings (SSSR count). The van der Waals surface area contributed by atoms with Crippen molar-refractivity contribution in [1.82, 2.24) is 14.5 Å². The summed E-state index contributed by atoms with van der Waals surface area (Å²) in [4.78, 5) is 3.25. The molecule has 1 N–H and O–H groups in total. The Bertz CT molecular complexity index is 527. The van der Waals surface area contributed by atoms with Crippen LogP contribution in [0.5, 0.6) is 0 Å². The Hall–Kier alpha value is -0.470. The average Bonchev–Trinajstić information content (AvgIpc) is 2.79. The van der Waals surface area contributed by atoms with E-state index in [0.29, 0.717) is 17.3 Å². The number of hydrogen-bond acceptors (Lipinski definition) is 5. The quantitative estimate of drug-likeness (QED) is 0.886. The van der Waals surface area contributed by atoms with Crippen LogP contribution in [0.3, 0.4) is 0 Å². The molecule has 0 amide bonds. The van der Waals surface area contributed by atoms with E-state index in [0.717, 1.165) is 37.5 Å². The predicted octanol–water partition coefficient (Wildman–Crippen LogP) is 1.18. The lowest BCUT2D eigenvalue weighted by Gasteiger charge is -2.19. The predicted molar refractivity (Wildman–Crippen MR) is 82.6 cm³/mol. The van der Waals surface area contributed by atoms with Gasteiger partial charge in [-0.1, -0.05) is 6.92 Å². The summed E-state index contributed by atoms with van der Waals surface area (Å²) in [6.45, 7) is 6.63. The summed E-state index contributed by atoms with van der Waals surface area (Å²) in [5, 5.41) is 3.22. The van der Waals surface area contributed by atoms with Crippen molar-refractivity contribution < 1.29 is 8.42 Å². The summed E-state index contributed by atoms with van der Waals surface area (Å²) in [5.74, 6) is 0. The van der Waals surface area contributed by atoms with Crippen LogP contribution in [-0.4, -0.2) is 57.4 Å². The maximum absolute atomic E-state index is 12.6. The molecular weight excluding hydrogens is 294 g/mol. The van der Waals surface area contributed by atoms with Crippen LogP contribution in [0, 0.1) is 0 Å². The smallest absolute Gasteiger partial charge is 0.252 e. The van der Waals surface area contributed by atoms with Gasteiger partial charge in [-0.25, -0.2) is 8.42 Å². The average molecular weight is 317 g/mol. The van der Waals surface area contributed by atoms with Gasteiger partial charge in [0.15, 0.2) is 0 Å². The molecule has 20 heavy (non-hydrogen) atoms. The Balaban J connectivity index is 2.10. The van der Waals surface area contributed by atoms with E-state index in [1.807, 2.05) is 20.0 Å². The fraction of sp³-hybridized carbons (Fsp3) is 0.692. The topological polar surface area (TPSA) is 52.7 Å². The van der Waals surface area contributed by atoms with Crippen molar-refractivity contribution in [2.45, 2.75) is 24.1 Å². The zero-order chi connectivity index (χ0) is 14.6. The van der Waals surface area contributed by atoms with Gasteiger partial charge in [-0.15, -0.1) is 11.3 Å². The van der Waals surface area contributed by atoms with Gasteiger partial charge in [0.2, 0.25) is 0 Å². The van der Waals surface area contributed by atoms with E-state index in [-0.39, 0.29) is 0 Å². The first kappa shape index (κ1) is 15.9. The molecule has 0 spiro atoms.